The molecular formula is C30H45N3O9. The summed E-state index contributed by atoms with van der Waals surface area (Å²) < 4.78 is 28.2. The Balaban J connectivity index is 1.73. The van der Waals surface area contributed by atoms with E-state index in [1.165, 1.54) is 7.11 Å². The van der Waals surface area contributed by atoms with Crippen LogP contribution in [0.2, 0.25) is 0 Å². The van der Waals surface area contributed by atoms with Gasteiger partial charge in [0.25, 0.3) is 0 Å². The van der Waals surface area contributed by atoms with Crippen LogP contribution in [-0.4, -0.2) is 79.0 Å². The summed E-state index contributed by atoms with van der Waals surface area (Å²) in [7, 11) is 1.26. The standard InChI is InChI=1S/C30H45N3O9/c1-17(2)14-20(27(36)38-8)32-25(35)19(15-18-12-10-9-11-13-18)31-22(34)16-21-23-24(41-30(6,7)40-23)26(39-21)33-28(37)42-29(3,4)5/h9-13,17,19-21,23-24,26H,14-16H2,1-8H3,(H,31,34)(H,32,35)(H,33,37)/t19-,20-,21-,23-,24-,26-/m0/s1. The maximum Gasteiger partial charge on any atom is 0.409 e. The Morgan fingerprint density at radius 2 is 1.62 bits per heavy atom. The summed E-state index contributed by atoms with van der Waals surface area (Å²) in [6.07, 6.45) is -3.30. The molecular weight excluding hydrogens is 546 g/mol. The molecule has 1 aromatic rings. The zero-order valence-electron chi connectivity index (χ0n) is 25.7. The third kappa shape index (κ3) is 9.67. The fourth-order valence-corrected chi connectivity index (χ4v) is 4.98. The predicted octanol–water partition coefficient (Wildman–Crippen LogP) is 2.58. The third-order valence-corrected chi connectivity index (χ3v) is 6.64. The molecule has 3 rings (SSSR count). The molecule has 2 heterocycles. The number of carbonyl (C=O) groups is 4. The molecule has 0 spiro atoms. The lowest BCUT2D eigenvalue weighted by Gasteiger charge is -2.26. The van der Waals surface area contributed by atoms with Crippen molar-refractivity contribution in [2.45, 2.75) is 116 Å². The Labute approximate surface area is 247 Å². The van der Waals surface area contributed by atoms with E-state index in [4.69, 9.17) is 23.7 Å². The van der Waals surface area contributed by atoms with Crippen LogP contribution in [0.15, 0.2) is 30.3 Å². The highest BCUT2D eigenvalue weighted by Crippen LogP contribution is 2.39. The number of fused-ring (bicyclic) bond motifs is 1. The van der Waals surface area contributed by atoms with E-state index < -0.39 is 71.9 Å². The maximum atomic E-state index is 13.4. The van der Waals surface area contributed by atoms with E-state index in [0.29, 0.717) is 6.42 Å². The average molecular weight is 592 g/mol. The second-order valence-electron chi connectivity index (χ2n) is 12.5. The molecule has 1 aromatic carbocycles. The summed E-state index contributed by atoms with van der Waals surface area (Å²) >= 11 is 0. The highest BCUT2D eigenvalue weighted by Gasteiger charge is 2.56. The minimum absolute atomic E-state index is 0.115. The van der Waals surface area contributed by atoms with Crippen molar-refractivity contribution in [1.29, 1.82) is 0 Å². The number of amides is 3. The van der Waals surface area contributed by atoms with E-state index in [1.54, 1.807) is 34.6 Å². The SMILES string of the molecule is COC(=O)[C@H](CC(C)C)NC(=O)[C@H](Cc1ccccc1)NC(=O)C[C@@H]1O[C@H](NC(=O)OC(C)(C)C)[C@H]2OC(C)(C)O[C@H]21. The van der Waals surface area contributed by atoms with Crippen molar-refractivity contribution in [3.63, 3.8) is 0 Å². The number of methoxy groups -OCH3 is 1. The van der Waals surface area contributed by atoms with Crippen LogP contribution in [0.5, 0.6) is 0 Å². The normalized spacial score (nSPS) is 24.3. The van der Waals surface area contributed by atoms with Gasteiger partial charge in [-0.05, 0) is 52.5 Å². The smallest absolute Gasteiger partial charge is 0.409 e. The Hall–Kier alpha value is -3.22. The number of rotatable bonds is 11. The Morgan fingerprint density at radius 3 is 2.21 bits per heavy atom. The van der Waals surface area contributed by atoms with Crippen LogP contribution in [0.3, 0.4) is 0 Å². The fourth-order valence-electron chi connectivity index (χ4n) is 4.98. The van der Waals surface area contributed by atoms with Crippen molar-refractivity contribution < 1.29 is 42.9 Å². The molecule has 0 unspecified atom stereocenters. The van der Waals surface area contributed by atoms with Gasteiger partial charge in [0.1, 0.15) is 29.9 Å². The van der Waals surface area contributed by atoms with Crippen molar-refractivity contribution in [3.8, 4) is 0 Å². The zero-order chi connectivity index (χ0) is 31.2. The Kier molecular flexibility index (Phi) is 11.0. The monoisotopic (exact) mass is 591 g/mol. The summed E-state index contributed by atoms with van der Waals surface area (Å²) in [6, 6.07) is 7.39. The number of hydrogen-bond donors (Lipinski definition) is 3. The average Bonchev–Trinajstić information content (AvgIpc) is 3.35. The molecule has 0 radical (unpaired) electrons. The molecule has 0 saturated carbocycles. The highest BCUT2D eigenvalue weighted by atomic mass is 16.8. The minimum atomic E-state index is -0.982. The Bertz CT molecular complexity index is 1100. The molecule has 3 amide bonds. The molecule has 2 fully saturated rings. The quantitative estimate of drug-likeness (QED) is 0.330. The molecule has 12 nitrogen and oxygen atoms in total. The van der Waals surface area contributed by atoms with Crippen LogP contribution in [0.4, 0.5) is 4.79 Å². The van der Waals surface area contributed by atoms with Crippen LogP contribution in [0.25, 0.3) is 0 Å². The molecule has 2 aliphatic rings. The summed E-state index contributed by atoms with van der Waals surface area (Å²) in [5.74, 6) is -2.39. The van der Waals surface area contributed by atoms with Crippen LogP contribution < -0.4 is 16.0 Å². The maximum absolute atomic E-state index is 13.4. The number of esters is 1. The molecule has 2 saturated heterocycles. The van der Waals surface area contributed by atoms with Crippen LogP contribution in [-0.2, 0) is 44.5 Å². The van der Waals surface area contributed by atoms with Gasteiger partial charge >= 0.3 is 12.1 Å². The van der Waals surface area contributed by atoms with E-state index in [1.807, 2.05) is 44.2 Å². The lowest BCUT2D eigenvalue weighted by atomic mass is 10.0. The summed E-state index contributed by atoms with van der Waals surface area (Å²) in [5, 5.41) is 8.22. The molecule has 3 N–H and O–H groups in total. The van der Waals surface area contributed by atoms with Gasteiger partial charge in [-0.1, -0.05) is 44.2 Å². The van der Waals surface area contributed by atoms with Crippen molar-refractivity contribution >= 4 is 23.9 Å². The number of carbonyl (C=O) groups excluding carboxylic acids is 4. The number of nitrogens with one attached hydrogen (secondary N) is 3. The van der Waals surface area contributed by atoms with Gasteiger partial charge in [-0.2, -0.15) is 0 Å². The minimum Gasteiger partial charge on any atom is -0.467 e. The zero-order valence-corrected chi connectivity index (χ0v) is 25.7. The van der Waals surface area contributed by atoms with E-state index in [0.717, 1.165) is 5.56 Å². The number of alkyl carbamates (subject to hydrolysis) is 1. The Morgan fingerprint density at radius 1 is 0.976 bits per heavy atom. The molecule has 0 aromatic heterocycles. The molecule has 42 heavy (non-hydrogen) atoms. The van der Waals surface area contributed by atoms with Gasteiger partial charge in [0.05, 0.1) is 19.6 Å². The van der Waals surface area contributed by atoms with E-state index in [-0.39, 0.29) is 18.8 Å². The van der Waals surface area contributed by atoms with E-state index in [2.05, 4.69) is 16.0 Å². The lowest BCUT2D eigenvalue weighted by molar-refractivity contribution is -0.190. The fraction of sp³-hybridized carbons (Fsp3) is 0.667. The molecule has 234 valence electrons. The third-order valence-electron chi connectivity index (χ3n) is 6.64. The lowest BCUT2D eigenvalue weighted by Crippen LogP contribution is -2.53. The second-order valence-corrected chi connectivity index (χ2v) is 12.5. The van der Waals surface area contributed by atoms with Gasteiger partial charge in [0.2, 0.25) is 11.8 Å². The largest absolute Gasteiger partial charge is 0.467 e. The summed E-state index contributed by atoms with van der Waals surface area (Å²) in [4.78, 5) is 51.6. The first-order valence-electron chi connectivity index (χ1n) is 14.3. The first-order chi connectivity index (χ1) is 19.6. The van der Waals surface area contributed by atoms with Crippen molar-refractivity contribution in [3.05, 3.63) is 35.9 Å². The number of hydrogen-bond acceptors (Lipinski definition) is 9. The topological polar surface area (TPSA) is 151 Å². The molecule has 0 bridgehead atoms. The first-order valence-corrected chi connectivity index (χ1v) is 14.3. The van der Waals surface area contributed by atoms with Gasteiger partial charge in [0, 0.05) is 6.42 Å². The van der Waals surface area contributed by atoms with Crippen LogP contribution in [0.1, 0.15) is 66.9 Å². The molecule has 12 heteroatoms. The summed E-state index contributed by atoms with van der Waals surface area (Å²) in [5.41, 5.74) is 0.105. The van der Waals surface area contributed by atoms with Gasteiger partial charge in [-0.3, -0.25) is 14.9 Å². The first kappa shape index (κ1) is 33.3. The van der Waals surface area contributed by atoms with Gasteiger partial charge < -0.3 is 34.3 Å². The van der Waals surface area contributed by atoms with Crippen molar-refractivity contribution in [2.24, 2.45) is 5.92 Å². The predicted molar refractivity (Wildman–Crippen MR) is 152 cm³/mol. The number of ether oxygens (including phenoxy) is 5. The van der Waals surface area contributed by atoms with E-state index in [9.17, 15) is 19.2 Å². The number of benzene rings is 1. The van der Waals surface area contributed by atoms with Gasteiger partial charge in [-0.25, -0.2) is 9.59 Å². The highest BCUT2D eigenvalue weighted by molar-refractivity contribution is 5.91. The summed E-state index contributed by atoms with van der Waals surface area (Å²) in [6.45, 7) is 12.6. The van der Waals surface area contributed by atoms with Crippen molar-refractivity contribution in [2.75, 3.05) is 7.11 Å². The molecule has 0 aliphatic carbocycles. The molecule has 2 aliphatic heterocycles. The van der Waals surface area contributed by atoms with Crippen LogP contribution >= 0.6 is 0 Å². The van der Waals surface area contributed by atoms with E-state index >= 15 is 0 Å². The van der Waals surface area contributed by atoms with Crippen LogP contribution in [0, 0.1) is 5.92 Å². The van der Waals surface area contributed by atoms with Crippen molar-refractivity contribution in [1.82, 2.24) is 16.0 Å². The van der Waals surface area contributed by atoms with Gasteiger partial charge in [0.15, 0.2) is 12.0 Å². The second kappa shape index (κ2) is 13.8. The molecule has 6 atom stereocenters. The van der Waals surface area contributed by atoms with Gasteiger partial charge in [-0.15, -0.1) is 0 Å².